The SMILES string of the molecule is Cc1cn(-c2ccc(Nc3ncc4c(n3)N3CCCC3CO4)cc2F)cn1. The van der Waals surface area contributed by atoms with Gasteiger partial charge in [0, 0.05) is 18.4 Å². The fourth-order valence-electron chi connectivity index (χ4n) is 3.68. The lowest BCUT2D eigenvalue weighted by Crippen LogP contribution is -2.38. The van der Waals surface area contributed by atoms with Gasteiger partial charge in [-0.25, -0.2) is 14.4 Å². The molecular weight excluding hydrogens is 347 g/mol. The number of hydrogen-bond acceptors (Lipinski definition) is 6. The summed E-state index contributed by atoms with van der Waals surface area (Å²) in [4.78, 5) is 15.3. The minimum absolute atomic E-state index is 0.349. The molecule has 1 unspecified atom stereocenters. The molecule has 0 aliphatic carbocycles. The lowest BCUT2D eigenvalue weighted by Gasteiger charge is -2.32. The summed E-state index contributed by atoms with van der Waals surface area (Å²) in [5, 5.41) is 3.09. The molecule has 1 N–H and O–H groups in total. The van der Waals surface area contributed by atoms with Crippen LogP contribution in [-0.2, 0) is 0 Å². The van der Waals surface area contributed by atoms with Gasteiger partial charge in [-0.3, -0.25) is 0 Å². The molecular formula is C19H19FN6O. The zero-order valence-electron chi connectivity index (χ0n) is 14.9. The third kappa shape index (κ3) is 2.87. The molecule has 7 nitrogen and oxygen atoms in total. The van der Waals surface area contributed by atoms with Crippen molar-refractivity contribution in [3.05, 3.63) is 48.4 Å². The average Bonchev–Trinajstić information content (AvgIpc) is 3.31. The summed E-state index contributed by atoms with van der Waals surface area (Å²) in [6.45, 7) is 3.53. The second-order valence-electron chi connectivity index (χ2n) is 6.90. The van der Waals surface area contributed by atoms with Gasteiger partial charge in [0.1, 0.15) is 12.4 Å². The number of aromatic nitrogens is 4. The first-order valence-corrected chi connectivity index (χ1v) is 9.01. The first kappa shape index (κ1) is 16.0. The Morgan fingerprint density at radius 2 is 2.22 bits per heavy atom. The van der Waals surface area contributed by atoms with Gasteiger partial charge in [0.25, 0.3) is 0 Å². The van der Waals surface area contributed by atoms with Crippen LogP contribution in [0.25, 0.3) is 5.69 Å². The Labute approximate surface area is 155 Å². The maximum absolute atomic E-state index is 14.5. The van der Waals surface area contributed by atoms with E-state index in [1.807, 2.05) is 6.92 Å². The van der Waals surface area contributed by atoms with Crippen LogP contribution in [0.4, 0.5) is 21.8 Å². The van der Waals surface area contributed by atoms with Crippen molar-refractivity contribution >= 4 is 17.5 Å². The number of fused-ring (bicyclic) bond motifs is 3. The zero-order chi connectivity index (χ0) is 18.4. The fraction of sp³-hybridized carbons (Fsp3) is 0.316. The Balaban J connectivity index is 1.41. The molecule has 3 aromatic rings. The molecule has 138 valence electrons. The van der Waals surface area contributed by atoms with E-state index < -0.39 is 0 Å². The zero-order valence-corrected chi connectivity index (χ0v) is 14.9. The van der Waals surface area contributed by atoms with Gasteiger partial charge in [0.05, 0.1) is 29.9 Å². The van der Waals surface area contributed by atoms with Gasteiger partial charge >= 0.3 is 0 Å². The lowest BCUT2D eigenvalue weighted by molar-refractivity contribution is 0.268. The monoisotopic (exact) mass is 366 g/mol. The Hall–Kier alpha value is -3.16. The lowest BCUT2D eigenvalue weighted by atomic mass is 10.2. The molecule has 0 bridgehead atoms. The van der Waals surface area contributed by atoms with Gasteiger partial charge < -0.3 is 19.5 Å². The standard InChI is InChI=1S/C19H19FN6O/c1-12-9-25(11-22-12)16-5-4-13(7-15(16)20)23-19-21-8-17-18(24-19)26-6-2-3-14(26)10-27-17/h4-5,7-9,11,14H,2-3,6,10H2,1H3,(H,21,23,24). The first-order chi connectivity index (χ1) is 13.2. The van der Waals surface area contributed by atoms with Gasteiger partial charge in [0.2, 0.25) is 5.95 Å². The van der Waals surface area contributed by atoms with Crippen molar-refractivity contribution < 1.29 is 9.13 Å². The predicted molar refractivity (Wildman–Crippen MR) is 99.4 cm³/mol. The van der Waals surface area contributed by atoms with Crippen molar-refractivity contribution in [2.24, 2.45) is 0 Å². The molecule has 1 aromatic carbocycles. The Kier molecular flexibility index (Phi) is 3.70. The molecule has 8 heteroatoms. The number of aryl methyl sites for hydroxylation is 1. The van der Waals surface area contributed by atoms with Crippen LogP contribution in [0.5, 0.6) is 5.75 Å². The third-order valence-electron chi connectivity index (χ3n) is 5.01. The summed E-state index contributed by atoms with van der Waals surface area (Å²) in [5.74, 6) is 1.59. The fourth-order valence-corrected chi connectivity index (χ4v) is 3.68. The highest BCUT2D eigenvalue weighted by Gasteiger charge is 2.33. The van der Waals surface area contributed by atoms with Crippen molar-refractivity contribution in [1.29, 1.82) is 0 Å². The van der Waals surface area contributed by atoms with E-state index in [0.29, 0.717) is 35.7 Å². The number of halogens is 1. The van der Waals surface area contributed by atoms with E-state index in [2.05, 4.69) is 25.2 Å². The van der Waals surface area contributed by atoms with Crippen LogP contribution in [0.1, 0.15) is 18.5 Å². The quantitative estimate of drug-likeness (QED) is 0.768. The molecule has 5 rings (SSSR count). The van der Waals surface area contributed by atoms with Crippen molar-refractivity contribution in [3.63, 3.8) is 0 Å². The molecule has 2 aromatic heterocycles. The van der Waals surface area contributed by atoms with Crippen molar-refractivity contribution in [2.45, 2.75) is 25.8 Å². The average molecular weight is 366 g/mol. The summed E-state index contributed by atoms with van der Waals surface area (Å²) < 4.78 is 22.0. The number of nitrogens with zero attached hydrogens (tertiary/aromatic N) is 5. The van der Waals surface area contributed by atoms with Gasteiger partial charge in [0.15, 0.2) is 11.6 Å². The van der Waals surface area contributed by atoms with E-state index in [-0.39, 0.29) is 5.82 Å². The number of anilines is 3. The number of nitrogens with one attached hydrogen (secondary N) is 1. The van der Waals surface area contributed by atoms with Crippen molar-refractivity contribution in [1.82, 2.24) is 19.5 Å². The molecule has 0 saturated carbocycles. The Morgan fingerprint density at radius 1 is 1.30 bits per heavy atom. The highest BCUT2D eigenvalue weighted by atomic mass is 19.1. The van der Waals surface area contributed by atoms with Gasteiger partial charge in [-0.2, -0.15) is 4.98 Å². The number of rotatable bonds is 3. The number of benzene rings is 1. The molecule has 2 aliphatic heterocycles. The highest BCUT2D eigenvalue weighted by molar-refractivity contribution is 5.61. The number of imidazole rings is 1. The molecule has 1 saturated heterocycles. The smallest absolute Gasteiger partial charge is 0.229 e. The second kappa shape index (κ2) is 6.22. The topological polar surface area (TPSA) is 68.1 Å². The molecule has 0 amide bonds. The third-order valence-corrected chi connectivity index (χ3v) is 5.01. The Morgan fingerprint density at radius 3 is 3.04 bits per heavy atom. The highest BCUT2D eigenvalue weighted by Crippen LogP contribution is 2.36. The van der Waals surface area contributed by atoms with Crippen LogP contribution in [-0.4, -0.2) is 38.7 Å². The largest absolute Gasteiger partial charge is 0.486 e. The van der Waals surface area contributed by atoms with Crippen LogP contribution in [0.2, 0.25) is 0 Å². The molecule has 2 aliphatic rings. The summed E-state index contributed by atoms with van der Waals surface area (Å²) >= 11 is 0. The predicted octanol–water partition coefficient (Wildman–Crippen LogP) is 3.21. The minimum Gasteiger partial charge on any atom is -0.486 e. The maximum Gasteiger partial charge on any atom is 0.229 e. The Bertz CT molecular complexity index is 1000. The molecule has 1 atom stereocenters. The van der Waals surface area contributed by atoms with E-state index in [1.54, 1.807) is 35.4 Å². The summed E-state index contributed by atoms with van der Waals surface area (Å²) in [6.07, 6.45) is 7.32. The van der Waals surface area contributed by atoms with Crippen molar-refractivity contribution in [3.8, 4) is 11.4 Å². The molecule has 27 heavy (non-hydrogen) atoms. The van der Waals surface area contributed by atoms with Crippen LogP contribution < -0.4 is 15.0 Å². The normalized spacial score (nSPS) is 18.0. The van der Waals surface area contributed by atoms with E-state index in [4.69, 9.17) is 4.74 Å². The van der Waals surface area contributed by atoms with Gasteiger partial charge in [-0.05, 0) is 38.0 Å². The summed E-state index contributed by atoms with van der Waals surface area (Å²) in [7, 11) is 0. The van der Waals surface area contributed by atoms with E-state index in [1.165, 1.54) is 6.07 Å². The number of ether oxygens (including phenoxy) is 1. The van der Waals surface area contributed by atoms with Gasteiger partial charge in [-0.1, -0.05) is 0 Å². The summed E-state index contributed by atoms with van der Waals surface area (Å²) in [6, 6.07) is 5.32. The van der Waals surface area contributed by atoms with Crippen LogP contribution in [0, 0.1) is 12.7 Å². The van der Waals surface area contributed by atoms with E-state index >= 15 is 0 Å². The molecule has 4 heterocycles. The van der Waals surface area contributed by atoms with Crippen LogP contribution in [0.3, 0.4) is 0 Å². The molecule has 0 radical (unpaired) electrons. The van der Waals surface area contributed by atoms with Crippen molar-refractivity contribution in [2.75, 3.05) is 23.4 Å². The minimum atomic E-state index is -0.349. The van der Waals surface area contributed by atoms with Crippen LogP contribution in [0.15, 0.2) is 36.9 Å². The first-order valence-electron chi connectivity index (χ1n) is 9.01. The van der Waals surface area contributed by atoms with Gasteiger partial charge in [-0.15, -0.1) is 0 Å². The van der Waals surface area contributed by atoms with E-state index in [9.17, 15) is 4.39 Å². The van der Waals surface area contributed by atoms with Crippen LogP contribution >= 0.6 is 0 Å². The summed E-state index contributed by atoms with van der Waals surface area (Å²) in [5.41, 5.74) is 1.87. The maximum atomic E-state index is 14.5. The molecule has 1 fully saturated rings. The second-order valence-corrected chi connectivity index (χ2v) is 6.90. The van der Waals surface area contributed by atoms with E-state index in [0.717, 1.165) is 30.9 Å². The number of hydrogen-bond donors (Lipinski definition) is 1. The molecule has 0 spiro atoms.